The number of hydrogen-bond donors (Lipinski definition) is 0. The minimum Gasteiger partial charge on any atom is -0.497 e. The van der Waals surface area contributed by atoms with E-state index in [0.29, 0.717) is 29.0 Å². The molecule has 0 radical (unpaired) electrons. The lowest BCUT2D eigenvalue weighted by molar-refractivity contribution is -0.118. The van der Waals surface area contributed by atoms with Gasteiger partial charge in [-0.2, -0.15) is 0 Å². The molecule has 0 aliphatic heterocycles. The van der Waals surface area contributed by atoms with Gasteiger partial charge in [0.2, 0.25) is 5.91 Å². The predicted molar refractivity (Wildman–Crippen MR) is 142 cm³/mol. The average Bonchev–Trinajstić information content (AvgIpc) is 3.17. The summed E-state index contributed by atoms with van der Waals surface area (Å²) in [5, 5.41) is 1.23. The van der Waals surface area contributed by atoms with Crippen LogP contribution < -0.4 is 9.64 Å². The number of rotatable bonds is 10. The summed E-state index contributed by atoms with van der Waals surface area (Å²) in [4.78, 5) is 21.7. The van der Waals surface area contributed by atoms with E-state index < -0.39 is 9.84 Å². The van der Waals surface area contributed by atoms with Gasteiger partial charge in [0.05, 0.1) is 28.0 Å². The van der Waals surface area contributed by atoms with Crippen LogP contribution in [0, 0.1) is 6.92 Å². The summed E-state index contributed by atoms with van der Waals surface area (Å²) >= 11 is 7.60. The van der Waals surface area contributed by atoms with Gasteiger partial charge in [-0.25, -0.2) is 13.4 Å². The van der Waals surface area contributed by atoms with Crippen molar-refractivity contribution in [2.24, 2.45) is 0 Å². The van der Waals surface area contributed by atoms with Gasteiger partial charge < -0.3 is 9.64 Å². The molecule has 0 bridgehead atoms. The number of amides is 1. The van der Waals surface area contributed by atoms with Crippen molar-refractivity contribution in [1.82, 2.24) is 9.88 Å². The molecule has 0 fully saturated rings. The molecule has 1 aromatic heterocycles. The molecular formula is C23H29Cl2N3O4S2. The standard InChI is InChI=1S/C23H28ClN3O4S2.ClH/c1-16-14-17(24)15-20-22(16)25-23(32-20)27(12-11-26(2)3)21(28)6-5-13-33(29,30)19-9-7-18(31-4)8-10-19;/h7-10,14-15H,5-6,11-13H2,1-4H3;1H. The fourth-order valence-electron chi connectivity index (χ4n) is 3.33. The Balaban J connectivity index is 0.00000408. The highest BCUT2D eigenvalue weighted by Crippen LogP contribution is 2.33. The van der Waals surface area contributed by atoms with E-state index in [2.05, 4.69) is 4.98 Å². The Morgan fingerprint density at radius 1 is 1.15 bits per heavy atom. The van der Waals surface area contributed by atoms with Gasteiger partial charge in [-0.3, -0.25) is 9.69 Å². The summed E-state index contributed by atoms with van der Waals surface area (Å²) in [6, 6.07) is 9.97. The van der Waals surface area contributed by atoms with Crippen molar-refractivity contribution < 1.29 is 17.9 Å². The molecule has 0 aliphatic rings. The second-order valence-electron chi connectivity index (χ2n) is 8.01. The van der Waals surface area contributed by atoms with Crippen LogP contribution >= 0.6 is 35.3 Å². The van der Waals surface area contributed by atoms with Crippen molar-refractivity contribution in [3.8, 4) is 5.75 Å². The largest absolute Gasteiger partial charge is 0.497 e. The molecule has 3 rings (SSSR count). The van der Waals surface area contributed by atoms with E-state index in [1.54, 1.807) is 17.0 Å². The highest BCUT2D eigenvalue weighted by molar-refractivity contribution is 7.91. The number of thiazole rings is 1. The molecule has 0 saturated heterocycles. The van der Waals surface area contributed by atoms with Gasteiger partial charge in [0.25, 0.3) is 0 Å². The SMILES string of the molecule is COc1ccc(S(=O)(=O)CCCC(=O)N(CCN(C)C)c2nc3c(C)cc(Cl)cc3s2)cc1.Cl. The number of ether oxygens (including phenoxy) is 1. The van der Waals surface area contributed by atoms with Gasteiger partial charge in [0.15, 0.2) is 15.0 Å². The zero-order valence-electron chi connectivity index (χ0n) is 19.6. The molecule has 7 nitrogen and oxygen atoms in total. The van der Waals surface area contributed by atoms with E-state index in [9.17, 15) is 13.2 Å². The van der Waals surface area contributed by atoms with Crippen LogP contribution in [0.3, 0.4) is 0 Å². The molecule has 0 N–H and O–H groups in total. The molecule has 0 aliphatic carbocycles. The number of sulfone groups is 1. The number of aryl methyl sites for hydroxylation is 1. The normalized spacial score (nSPS) is 11.5. The van der Waals surface area contributed by atoms with Gasteiger partial charge in [-0.05, 0) is 69.4 Å². The zero-order valence-corrected chi connectivity index (χ0v) is 22.8. The summed E-state index contributed by atoms with van der Waals surface area (Å²) in [7, 11) is 1.91. The third kappa shape index (κ3) is 7.05. The first-order chi connectivity index (χ1) is 15.6. The number of hydrogen-bond acceptors (Lipinski definition) is 7. The van der Waals surface area contributed by atoms with E-state index in [0.717, 1.165) is 15.8 Å². The number of halogens is 2. The van der Waals surface area contributed by atoms with Gasteiger partial charge in [0, 0.05) is 24.5 Å². The van der Waals surface area contributed by atoms with Crippen LogP contribution in [-0.2, 0) is 14.6 Å². The maximum absolute atomic E-state index is 13.1. The Labute approximate surface area is 216 Å². The van der Waals surface area contributed by atoms with E-state index in [1.807, 2.05) is 38.1 Å². The molecule has 0 unspecified atom stereocenters. The number of anilines is 1. The molecule has 1 heterocycles. The lowest BCUT2D eigenvalue weighted by Crippen LogP contribution is -2.36. The number of carbonyl (C=O) groups is 1. The first kappa shape index (κ1) is 28.3. The Kier molecular flexibility index (Phi) is 10.1. The van der Waals surface area contributed by atoms with Crippen LogP contribution in [0.1, 0.15) is 18.4 Å². The van der Waals surface area contributed by atoms with Gasteiger partial charge in [-0.15, -0.1) is 12.4 Å². The minimum atomic E-state index is -3.49. The number of aromatic nitrogens is 1. The monoisotopic (exact) mass is 545 g/mol. The Morgan fingerprint density at radius 2 is 1.82 bits per heavy atom. The summed E-state index contributed by atoms with van der Waals surface area (Å²) in [6.07, 6.45) is 0.333. The molecule has 11 heteroatoms. The fraction of sp³-hybridized carbons (Fsp3) is 0.391. The van der Waals surface area contributed by atoms with Crippen LogP contribution in [0.15, 0.2) is 41.3 Å². The smallest absolute Gasteiger partial charge is 0.228 e. The van der Waals surface area contributed by atoms with Crippen molar-refractivity contribution in [2.75, 3.05) is 44.9 Å². The molecule has 34 heavy (non-hydrogen) atoms. The Hall–Kier alpha value is -1.91. The second-order valence-corrected chi connectivity index (χ2v) is 11.6. The van der Waals surface area contributed by atoms with E-state index in [-0.39, 0.29) is 41.8 Å². The first-order valence-corrected chi connectivity index (χ1v) is 13.3. The molecule has 3 aromatic rings. The topological polar surface area (TPSA) is 79.8 Å². The second kappa shape index (κ2) is 12.2. The van der Waals surface area contributed by atoms with Crippen molar-refractivity contribution in [2.45, 2.75) is 24.7 Å². The van der Waals surface area contributed by atoms with Crippen molar-refractivity contribution in [3.63, 3.8) is 0 Å². The highest BCUT2D eigenvalue weighted by Gasteiger charge is 2.22. The minimum absolute atomic E-state index is 0. The molecule has 186 valence electrons. The summed E-state index contributed by atoms with van der Waals surface area (Å²) in [5.74, 6) is 0.332. The lowest BCUT2D eigenvalue weighted by atomic mass is 10.2. The van der Waals surface area contributed by atoms with E-state index >= 15 is 0 Å². The number of carbonyl (C=O) groups excluding carboxylic acids is 1. The maximum atomic E-state index is 13.1. The fourth-order valence-corrected chi connectivity index (χ4v) is 6.11. The maximum Gasteiger partial charge on any atom is 0.228 e. The predicted octanol–water partition coefficient (Wildman–Crippen LogP) is 4.84. The van der Waals surface area contributed by atoms with Gasteiger partial charge >= 0.3 is 0 Å². The summed E-state index contributed by atoms with van der Waals surface area (Å²) < 4.78 is 31.3. The number of nitrogens with zero attached hydrogens (tertiary/aromatic N) is 3. The van der Waals surface area contributed by atoms with Crippen LogP contribution in [0.4, 0.5) is 5.13 Å². The van der Waals surface area contributed by atoms with Crippen molar-refractivity contribution >= 4 is 66.4 Å². The van der Waals surface area contributed by atoms with Crippen LogP contribution in [0.2, 0.25) is 5.02 Å². The third-order valence-corrected chi connectivity index (χ3v) is 8.22. The zero-order chi connectivity index (χ0) is 24.2. The molecule has 0 atom stereocenters. The van der Waals surface area contributed by atoms with E-state index in [1.165, 1.54) is 30.6 Å². The van der Waals surface area contributed by atoms with Crippen molar-refractivity contribution in [3.05, 3.63) is 47.0 Å². The molecule has 0 saturated carbocycles. The quantitative estimate of drug-likeness (QED) is 0.362. The summed E-state index contributed by atoms with van der Waals surface area (Å²) in [5.41, 5.74) is 1.77. The molecule has 1 amide bonds. The Bertz CT molecular complexity index is 1230. The molecule has 0 spiro atoms. The highest BCUT2D eigenvalue weighted by atomic mass is 35.5. The van der Waals surface area contributed by atoms with Crippen LogP contribution in [0.25, 0.3) is 10.2 Å². The van der Waals surface area contributed by atoms with Gasteiger partial charge in [0.1, 0.15) is 5.75 Å². The Morgan fingerprint density at radius 3 is 2.44 bits per heavy atom. The number of fused-ring (bicyclic) bond motifs is 1. The van der Waals surface area contributed by atoms with E-state index in [4.69, 9.17) is 16.3 Å². The number of benzene rings is 2. The first-order valence-electron chi connectivity index (χ1n) is 10.5. The van der Waals surface area contributed by atoms with Crippen molar-refractivity contribution in [1.29, 1.82) is 0 Å². The van der Waals surface area contributed by atoms with Gasteiger partial charge in [-0.1, -0.05) is 22.9 Å². The molecule has 2 aromatic carbocycles. The summed E-state index contributed by atoms with van der Waals surface area (Å²) in [6.45, 7) is 3.06. The number of methoxy groups -OCH3 is 1. The van der Waals surface area contributed by atoms with Crippen LogP contribution in [0.5, 0.6) is 5.75 Å². The third-order valence-electron chi connectivity index (χ3n) is 5.16. The average molecular weight is 547 g/mol. The number of likely N-dealkylation sites (N-methyl/N-ethyl adjacent to an activating group) is 1. The molecular weight excluding hydrogens is 517 g/mol. The van der Waals surface area contributed by atoms with Crippen LogP contribution in [-0.4, -0.2) is 64.3 Å². The lowest BCUT2D eigenvalue weighted by Gasteiger charge is -2.22.